The predicted molar refractivity (Wildman–Crippen MR) is 86.7 cm³/mol. The average Bonchev–Trinajstić information content (AvgIpc) is 2.87. The van der Waals surface area contributed by atoms with Crippen molar-refractivity contribution in [2.45, 2.75) is 45.1 Å². The minimum absolute atomic E-state index is 0.550. The van der Waals surface area contributed by atoms with Crippen LogP contribution in [-0.4, -0.2) is 14.8 Å². The van der Waals surface area contributed by atoms with Gasteiger partial charge in [0.1, 0.15) is 5.82 Å². The second kappa shape index (κ2) is 6.12. The normalized spacial score (nSPS) is 16.6. The fraction of sp³-hybridized carbons (Fsp3) is 0.412. The summed E-state index contributed by atoms with van der Waals surface area (Å²) in [5.74, 6) is 1.95. The van der Waals surface area contributed by atoms with Gasteiger partial charge in [-0.3, -0.25) is 0 Å². The maximum Gasteiger partial charge on any atom is 0.156 e. The van der Waals surface area contributed by atoms with E-state index in [9.17, 15) is 0 Å². The largest absolute Gasteiger partial charge is 0.399 e. The van der Waals surface area contributed by atoms with E-state index >= 15 is 0 Å². The van der Waals surface area contributed by atoms with Gasteiger partial charge in [0, 0.05) is 11.7 Å². The lowest BCUT2D eigenvalue weighted by molar-refractivity contribution is 0.346. The molecule has 4 nitrogen and oxygen atoms in total. The van der Waals surface area contributed by atoms with Gasteiger partial charge in [-0.2, -0.15) is 0 Å². The third-order valence-corrected chi connectivity index (χ3v) is 4.17. The maximum atomic E-state index is 5.81. The lowest BCUT2D eigenvalue weighted by atomic mass is 9.95. The van der Waals surface area contributed by atoms with Crippen molar-refractivity contribution >= 4 is 17.8 Å². The molecular formula is C17H22N4. The fourth-order valence-electron chi connectivity index (χ4n) is 3.12. The summed E-state index contributed by atoms with van der Waals surface area (Å²) >= 11 is 0. The summed E-state index contributed by atoms with van der Waals surface area (Å²) in [6, 6.07) is 8.42. The third kappa shape index (κ3) is 3.15. The lowest BCUT2D eigenvalue weighted by Crippen LogP contribution is -2.15. The first kappa shape index (κ1) is 13.9. The Balaban J connectivity index is 1.85. The monoisotopic (exact) mass is 282 g/mol. The Kier molecular flexibility index (Phi) is 4.04. The molecule has 0 atom stereocenters. The zero-order valence-corrected chi connectivity index (χ0v) is 12.5. The zero-order chi connectivity index (χ0) is 14.7. The van der Waals surface area contributed by atoms with Gasteiger partial charge in [-0.15, -0.1) is 10.2 Å². The molecule has 1 heterocycles. The molecule has 0 spiro atoms. The van der Waals surface area contributed by atoms with Crippen LogP contribution in [-0.2, 0) is 0 Å². The smallest absolute Gasteiger partial charge is 0.156 e. The summed E-state index contributed by atoms with van der Waals surface area (Å²) in [7, 11) is 0. The first-order chi connectivity index (χ1) is 10.2. The van der Waals surface area contributed by atoms with Gasteiger partial charge in [0.05, 0.1) is 0 Å². The third-order valence-electron chi connectivity index (χ3n) is 4.17. The van der Waals surface area contributed by atoms with Crippen LogP contribution in [0.15, 0.2) is 24.3 Å². The number of nitrogens with two attached hydrogens (primary N) is 1. The van der Waals surface area contributed by atoms with Gasteiger partial charge in [0.15, 0.2) is 5.82 Å². The Hall–Kier alpha value is -2.10. The molecule has 1 aliphatic carbocycles. The Morgan fingerprint density at radius 1 is 1.14 bits per heavy atom. The fourth-order valence-corrected chi connectivity index (χ4v) is 3.12. The van der Waals surface area contributed by atoms with Crippen LogP contribution >= 0.6 is 0 Å². The first-order valence-corrected chi connectivity index (χ1v) is 7.69. The van der Waals surface area contributed by atoms with E-state index in [1.807, 2.05) is 37.3 Å². The minimum atomic E-state index is 0.550. The van der Waals surface area contributed by atoms with E-state index in [4.69, 9.17) is 5.73 Å². The number of rotatable bonds is 3. The Morgan fingerprint density at radius 3 is 2.71 bits per heavy atom. The molecule has 4 heteroatoms. The van der Waals surface area contributed by atoms with Gasteiger partial charge in [-0.25, -0.2) is 0 Å². The van der Waals surface area contributed by atoms with Crippen molar-refractivity contribution in [3.8, 4) is 0 Å². The van der Waals surface area contributed by atoms with Crippen LogP contribution in [0.25, 0.3) is 12.2 Å². The van der Waals surface area contributed by atoms with Gasteiger partial charge in [0.2, 0.25) is 0 Å². The number of nitrogen functional groups attached to an aromatic ring is 1. The van der Waals surface area contributed by atoms with Gasteiger partial charge >= 0.3 is 0 Å². The van der Waals surface area contributed by atoms with Crippen molar-refractivity contribution in [1.29, 1.82) is 0 Å². The van der Waals surface area contributed by atoms with Gasteiger partial charge in [0.25, 0.3) is 0 Å². The van der Waals surface area contributed by atoms with Crippen molar-refractivity contribution in [3.63, 3.8) is 0 Å². The van der Waals surface area contributed by atoms with Gasteiger partial charge < -0.3 is 10.3 Å². The van der Waals surface area contributed by atoms with E-state index in [0.29, 0.717) is 6.04 Å². The second-order valence-corrected chi connectivity index (χ2v) is 5.77. The summed E-state index contributed by atoms with van der Waals surface area (Å²) in [6.07, 6.45) is 10.5. The molecule has 0 saturated heterocycles. The van der Waals surface area contributed by atoms with E-state index < -0.39 is 0 Å². The molecule has 1 saturated carbocycles. The number of hydrogen-bond donors (Lipinski definition) is 1. The van der Waals surface area contributed by atoms with Crippen molar-refractivity contribution < 1.29 is 0 Å². The van der Waals surface area contributed by atoms with Crippen molar-refractivity contribution in [3.05, 3.63) is 41.5 Å². The number of aryl methyl sites for hydroxylation is 1. The molecule has 1 aromatic carbocycles. The molecule has 110 valence electrons. The van der Waals surface area contributed by atoms with Crippen molar-refractivity contribution in [2.75, 3.05) is 5.73 Å². The standard InChI is InChI=1S/C17H22N4/c1-13-19-20-17(21(13)16-8-3-2-4-9-16)11-10-14-6-5-7-15(18)12-14/h5-7,10-12,16H,2-4,8-9,18H2,1H3/b11-10+. The number of hydrogen-bond acceptors (Lipinski definition) is 3. The van der Waals surface area contributed by atoms with Crippen LogP contribution in [0.4, 0.5) is 5.69 Å². The molecule has 3 rings (SSSR count). The Labute approximate surface area is 125 Å². The summed E-state index contributed by atoms with van der Waals surface area (Å²) < 4.78 is 2.29. The van der Waals surface area contributed by atoms with E-state index in [1.54, 1.807) is 0 Å². The molecule has 1 aliphatic rings. The summed E-state index contributed by atoms with van der Waals surface area (Å²) in [6.45, 7) is 2.04. The SMILES string of the molecule is Cc1nnc(/C=C/c2cccc(N)c2)n1C1CCCCC1. The molecule has 0 amide bonds. The molecule has 0 radical (unpaired) electrons. The van der Waals surface area contributed by atoms with E-state index in [0.717, 1.165) is 22.9 Å². The highest BCUT2D eigenvalue weighted by Crippen LogP contribution is 2.30. The highest BCUT2D eigenvalue weighted by Gasteiger charge is 2.19. The number of aromatic nitrogens is 3. The van der Waals surface area contributed by atoms with Gasteiger partial charge in [-0.05, 0) is 43.5 Å². The van der Waals surface area contributed by atoms with Crippen LogP contribution in [0.2, 0.25) is 0 Å². The molecule has 1 aromatic heterocycles. The number of anilines is 1. The lowest BCUT2D eigenvalue weighted by Gasteiger charge is -2.24. The van der Waals surface area contributed by atoms with E-state index in [2.05, 4.69) is 20.8 Å². The predicted octanol–water partition coefficient (Wildman–Crippen LogP) is 3.84. The minimum Gasteiger partial charge on any atom is -0.399 e. The number of benzene rings is 1. The van der Waals surface area contributed by atoms with Crippen LogP contribution in [0.1, 0.15) is 55.4 Å². The number of nitrogens with zero attached hydrogens (tertiary/aromatic N) is 3. The molecule has 2 aromatic rings. The molecule has 0 bridgehead atoms. The maximum absolute atomic E-state index is 5.81. The van der Waals surface area contributed by atoms with E-state index in [-0.39, 0.29) is 0 Å². The topological polar surface area (TPSA) is 56.7 Å². The van der Waals surface area contributed by atoms with Crippen LogP contribution in [0, 0.1) is 6.92 Å². The Bertz CT molecular complexity index is 636. The molecule has 0 aliphatic heterocycles. The highest BCUT2D eigenvalue weighted by atomic mass is 15.3. The average molecular weight is 282 g/mol. The molecule has 1 fully saturated rings. The van der Waals surface area contributed by atoms with Crippen molar-refractivity contribution in [1.82, 2.24) is 14.8 Å². The summed E-state index contributed by atoms with van der Waals surface area (Å²) in [5.41, 5.74) is 7.68. The molecule has 0 unspecified atom stereocenters. The summed E-state index contributed by atoms with van der Waals surface area (Å²) in [4.78, 5) is 0. The highest BCUT2D eigenvalue weighted by molar-refractivity contribution is 5.68. The Morgan fingerprint density at radius 2 is 1.95 bits per heavy atom. The second-order valence-electron chi connectivity index (χ2n) is 5.77. The molecule has 21 heavy (non-hydrogen) atoms. The first-order valence-electron chi connectivity index (χ1n) is 7.69. The summed E-state index contributed by atoms with van der Waals surface area (Å²) in [5, 5.41) is 8.58. The van der Waals surface area contributed by atoms with Crippen LogP contribution in [0.5, 0.6) is 0 Å². The quantitative estimate of drug-likeness (QED) is 0.870. The zero-order valence-electron chi connectivity index (χ0n) is 12.5. The van der Waals surface area contributed by atoms with Crippen molar-refractivity contribution in [2.24, 2.45) is 0 Å². The van der Waals surface area contributed by atoms with E-state index in [1.165, 1.54) is 32.1 Å². The molecule has 2 N–H and O–H groups in total. The van der Waals surface area contributed by atoms with Gasteiger partial charge in [-0.1, -0.05) is 37.5 Å². The van der Waals surface area contributed by atoms with Crippen LogP contribution in [0.3, 0.4) is 0 Å². The van der Waals surface area contributed by atoms with Crippen LogP contribution < -0.4 is 5.73 Å². The molecular weight excluding hydrogens is 260 g/mol.